The third-order valence-corrected chi connectivity index (χ3v) is 6.42. The van der Waals surface area contributed by atoms with Crippen molar-refractivity contribution in [3.8, 4) is 5.75 Å². The third kappa shape index (κ3) is 4.17. The number of benzene rings is 2. The van der Waals surface area contributed by atoms with Crippen molar-refractivity contribution >= 4 is 33.8 Å². The fraction of sp³-hybridized carbons (Fsp3) is 0.0800. The maximum Gasteiger partial charge on any atom is 0.416 e. The van der Waals surface area contributed by atoms with E-state index in [0.717, 1.165) is 17.7 Å². The van der Waals surface area contributed by atoms with E-state index in [1.807, 2.05) is 30.3 Å². The van der Waals surface area contributed by atoms with Gasteiger partial charge in [-0.05, 0) is 35.9 Å². The molecule has 0 amide bonds. The Morgan fingerprint density at radius 1 is 1.00 bits per heavy atom. The number of alkyl halides is 3. The highest BCUT2D eigenvalue weighted by atomic mass is 32.2. The number of fused-ring (bicyclic) bond motifs is 3. The highest BCUT2D eigenvalue weighted by molar-refractivity contribution is 7.99. The van der Waals surface area contributed by atoms with E-state index < -0.39 is 28.7 Å². The summed E-state index contributed by atoms with van der Waals surface area (Å²) in [6.45, 7) is 0.137. The van der Waals surface area contributed by atoms with Crippen LogP contribution in [0.2, 0.25) is 0 Å². The van der Waals surface area contributed by atoms with Crippen molar-refractivity contribution < 1.29 is 22.7 Å². The van der Waals surface area contributed by atoms with E-state index in [-0.39, 0.29) is 33.0 Å². The van der Waals surface area contributed by atoms with Crippen molar-refractivity contribution in [2.45, 2.75) is 22.5 Å². The number of halogens is 3. The lowest BCUT2D eigenvalue weighted by atomic mass is 10.1. The molecule has 2 aromatic carbocycles. The summed E-state index contributed by atoms with van der Waals surface area (Å²) in [5, 5.41) is 11.1. The molecule has 0 fully saturated rings. The molecule has 5 rings (SSSR count). The third-order valence-electron chi connectivity index (χ3n) is 5.37. The predicted octanol–water partition coefficient (Wildman–Crippen LogP) is 5.43. The molecular weight excluding hydrogens is 481 g/mol. The van der Waals surface area contributed by atoms with Gasteiger partial charge in [-0.15, -0.1) is 0 Å². The highest BCUT2D eigenvalue weighted by Crippen LogP contribution is 2.39. The van der Waals surface area contributed by atoms with Crippen LogP contribution in [0.1, 0.15) is 11.1 Å². The van der Waals surface area contributed by atoms with Crippen LogP contribution in [0, 0.1) is 0 Å². The summed E-state index contributed by atoms with van der Waals surface area (Å²) >= 11 is 0.590. The zero-order chi connectivity index (χ0) is 24.7. The van der Waals surface area contributed by atoms with Crippen molar-refractivity contribution in [2.24, 2.45) is 0 Å². The summed E-state index contributed by atoms with van der Waals surface area (Å²) in [6.07, 6.45) is -3.09. The first-order valence-corrected chi connectivity index (χ1v) is 11.1. The molecule has 0 unspecified atom stereocenters. The summed E-state index contributed by atoms with van der Waals surface area (Å²) in [5.74, 6) is -0.656. The number of aromatic hydroxyl groups is 1. The van der Waals surface area contributed by atoms with E-state index in [1.54, 1.807) is 12.1 Å². The van der Waals surface area contributed by atoms with Crippen molar-refractivity contribution in [1.29, 1.82) is 0 Å². The maximum absolute atomic E-state index is 13.5. The average Bonchev–Trinajstić information content (AvgIpc) is 2.84. The van der Waals surface area contributed by atoms with Crippen molar-refractivity contribution in [2.75, 3.05) is 0 Å². The Kier molecular flexibility index (Phi) is 5.60. The molecule has 176 valence electrons. The number of pyridine rings is 2. The topological polar surface area (TPSA) is 85.3 Å². The van der Waals surface area contributed by atoms with Crippen LogP contribution in [0.25, 0.3) is 22.0 Å². The lowest BCUT2D eigenvalue weighted by Crippen LogP contribution is -2.23. The molecule has 0 saturated heterocycles. The first-order valence-electron chi connectivity index (χ1n) is 10.3. The number of hydrogen-bond acceptors (Lipinski definition) is 6. The van der Waals surface area contributed by atoms with Gasteiger partial charge in [-0.25, -0.2) is 9.78 Å². The SMILES string of the molecule is O=c1oc2c(c(O)c1Sc1cccc(C(F)(F)F)c1)c(=O)n(Cc1ccccc1)c1ncccc21. The fourth-order valence-corrected chi connectivity index (χ4v) is 4.66. The zero-order valence-corrected chi connectivity index (χ0v) is 18.6. The van der Waals surface area contributed by atoms with Gasteiger partial charge in [-0.1, -0.05) is 48.2 Å². The van der Waals surface area contributed by atoms with Gasteiger partial charge in [0, 0.05) is 11.1 Å². The molecule has 0 radical (unpaired) electrons. The van der Waals surface area contributed by atoms with Gasteiger partial charge in [0.15, 0.2) is 11.3 Å². The van der Waals surface area contributed by atoms with Crippen molar-refractivity contribution in [3.05, 3.63) is 105 Å². The molecule has 35 heavy (non-hydrogen) atoms. The summed E-state index contributed by atoms with van der Waals surface area (Å²) in [4.78, 5) is 30.2. The number of rotatable bonds is 4. The minimum absolute atomic E-state index is 0.0499. The molecule has 10 heteroatoms. The van der Waals surface area contributed by atoms with Crippen LogP contribution >= 0.6 is 11.8 Å². The van der Waals surface area contributed by atoms with E-state index in [2.05, 4.69) is 4.98 Å². The summed E-state index contributed by atoms with van der Waals surface area (Å²) in [7, 11) is 0. The van der Waals surface area contributed by atoms with E-state index >= 15 is 0 Å². The van der Waals surface area contributed by atoms with E-state index in [0.29, 0.717) is 17.1 Å². The van der Waals surface area contributed by atoms with Crippen LogP contribution in [0.5, 0.6) is 5.75 Å². The minimum Gasteiger partial charge on any atom is -0.505 e. The Balaban J connectivity index is 1.73. The van der Waals surface area contributed by atoms with Crippen LogP contribution < -0.4 is 11.2 Å². The number of aromatic nitrogens is 2. The predicted molar refractivity (Wildman–Crippen MR) is 125 cm³/mol. The van der Waals surface area contributed by atoms with Crippen molar-refractivity contribution in [3.63, 3.8) is 0 Å². The molecule has 5 aromatic rings. The van der Waals surface area contributed by atoms with Gasteiger partial charge in [-0.3, -0.25) is 9.36 Å². The molecule has 0 atom stereocenters. The molecule has 0 aliphatic rings. The highest BCUT2D eigenvalue weighted by Gasteiger charge is 2.31. The molecule has 0 spiro atoms. The van der Waals surface area contributed by atoms with Gasteiger partial charge in [0.25, 0.3) is 5.56 Å². The first-order chi connectivity index (χ1) is 16.7. The minimum atomic E-state index is -4.58. The average molecular weight is 496 g/mol. The molecule has 0 bridgehead atoms. The molecule has 3 aromatic heterocycles. The van der Waals surface area contributed by atoms with E-state index in [9.17, 15) is 27.9 Å². The lowest BCUT2D eigenvalue weighted by molar-refractivity contribution is -0.137. The van der Waals surface area contributed by atoms with Gasteiger partial charge >= 0.3 is 11.8 Å². The Hall–Kier alpha value is -4.05. The second-order valence-corrected chi connectivity index (χ2v) is 8.73. The Morgan fingerprint density at radius 3 is 2.51 bits per heavy atom. The van der Waals surface area contributed by atoms with Crippen molar-refractivity contribution in [1.82, 2.24) is 9.55 Å². The van der Waals surface area contributed by atoms with Crippen LogP contribution in [0.4, 0.5) is 13.2 Å². The molecule has 1 N–H and O–H groups in total. The van der Waals surface area contributed by atoms with Crippen LogP contribution in [-0.2, 0) is 12.7 Å². The molecule has 6 nitrogen and oxygen atoms in total. The smallest absolute Gasteiger partial charge is 0.416 e. The largest absolute Gasteiger partial charge is 0.505 e. The normalized spacial score (nSPS) is 11.9. The lowest BCUT2D eigenvalue weighted by Gasteiger charge is -2.13. The van der Waals surface area contributed by atoms with Gasteiger partial charge < -0.3 is 9.52 Å². The van der Waals surface area contributed by atoms with Crippen LogP contribution in [-0.4, -0.2) is 14.7 Å². The Morgan fingerprint density at radius 2 is 1.77 bits per heavy atom. The Bertz CT molecular complexity index is 1700. The van der Waals surface area contributed by atoms with Gasteiger partial charge in [0.2, 0.25) is 0 Å². The van der Waals surface area contributed by atoms with Crippen LogP contribution in [0.3, 0.4) is 0 Å². The summed E-state index contributed by atoms with van der Waals surface area (Å²) in [5.41, 5.74) is -1.62. The van der Waals surface area contributed by atoms with Gasteiger partial charge in [0.1, 0.15) is 15.9 Å². The Labute approximate surface area is 199 Å². The van der Waals surface area contributed by atoms with Gasteiger partial charge in [0.05, 0.1) is 17.5 Å². The van der Waals surface area contributed by atoms with E-state index in [1.165, 1.54) is 22.9 Å². The summed E-state index contributed by atoms with van der Waals surface area (Å²) in [6, 6.07) is 16.6. The zero-order valence-electron chi connectivity index (χ0n) is 17.7. The fourth-order valence-electron chi connectivity index (χ4n) is 3.77. The molecule has 0 aliphatic carbocycles. The maximum atomic E-state index is 13.5. The number of nitrogens with zero attached hydrogens (tertiary/aromatic N) is 2. The monoisotopic (exact) mass is 496 g/mol. The second kappa shape index (κ2) is 8.62. The first kappa shape index (κ1) is 22.7. The molecule has 0 saturated carbocycles. The standard InChI is InChI=1S/C25H15F3N2O4S/c26-25(27,28)15-8-4-9-16(12-15)35-21-19(31)18-20(34-24(21)33)17-10-5-11-29-22(17)30(23(18)32)13-14-6-2-1-3-7-14/h1-12,31H,13H2. The molecule has 3 heterocycles. The molecule has 0 aliphatic heterocycles. The quantitative estimate of drug-likeness (QED) is 0.334. The second-order valence-electron chi connectivity index (χ2n) is 7.65. The van der Waals surface area contributed by atoms with Crippen LogP contribution in [0.15, 0.2) is 96.7 Å². The van der Waals surface area contributed by atoms with Gasteiger partial charge in [-0.2, -0.15) is 13.2 Å². The molecular formula is C25H15F3N2O4S. The summed E-state index contributed by atoms with van der Waals surface area (Å²) < 4.78 is 46.1. The number of hydrogen-bond donors (Lipinski definition) is 1. The van der Waals surface area contributed by atoms with E-state index in [4.69, 9.17) is 4.42 Å².